The Morgan fingerprint density at radius 1 is 1.24 bits per heavy atom. The first-order chi connectivity index (χ1) is 18.0. The van der Waals surface area contributed by atoms with Crippen molar-refractivity contribution in [2.45, 2.75) is 51.7 Å². The molecule has 1 aromatic carbocycles. The predicted octanol–water partition coefficient (Wildman–Crippen LogP) is 4.97. The molecule has 1 aliphatic rings. The number of allylic oxidation sites excluding steroid dienone is 1. The van der Waals surface area contributed by atoms with Gasteiger partial charge in [-0.25, -0.2) is 23.1 Å². The van der Waals surface area contributed by atoms with Gasteiger partial charge >= 0.3 is 0 Å². The van der Waals surface area contributed by atoms with Crippen LogP contribution in [-0.2, 0) is 22.2 Å². The number of anilines is 1. The Morgan fingerprint density at radius 2 is 1.95 bits per heavy atom. The number of nitrogens with zero attached hydrogens (tertiary/aromatic N) is 4. The number of hydrogen-bond acceptors (Lipinski definition) is 6. The summed E-state index contributed by atoms with van der Waals surface area (Å²) in [6, 6.07) is 4.81. The van der Waals surface area contributed by atoms with Gasteiger partial charge in [-0.1, -0.05) is 24.3 Å². The van der Waals surface area contributed by atoms with Crippen LogP contribution in [-0.4, -0.2) is 39.0 Å². The van der Waals surface area contributed by atoms with E-state index in [1.54, 1.807) is 24.9 Å². The van der Waals surface area contributed by atoms with E-state index in [4.69, 9.17) is 4.74 Å². The molecule has 38 heavy (non-hydrogen) atoms. The normalized spacial score (nSPS) is 18.9. The Labute approximate surface area is 218 Å². The van der Waals surface area contributed by atoms with Gasteiger partial charge in [-0.15, -0.1) is 0 Å². The van der Waals surface area contributed by atoms with Gasteiger partial charge in [-0.3, -0.25) is 14.2 Å². The second-order valence-corrected chi connectivity index (χ2v) is 9.47. The van der Waals surface area contributed by atoms with Crippen LogP contribution >= 0.6 is 0 Å². The number of ether oxygens (including phenoxy) is 1. The van der Waals surface area contributed by atoms with Crippen LogP contribution in [0.2, 0.25) is 0 Å². The van der Waals surface area contributed by atoms with Gasteiger partial charge in [0.1, 0.15) is 29.2 Å². The van der Waals surface area contributed by atoms with Crippen molar-refractivity contribution in [3.05, 3.63) is 75.2 Å². The van der Waals surface area contributed by atoms with Crippen molar-refractivity contribution in [2.75, 3.05) is 19.0 Å². The minimum Gasteiger partial charge on any atom is -0.373 e. The average Bonchev–Trinajstić information content (AvgIpc) is 3.05. The number of rotatable bonds is 6. The van der Waals surface area contributed by atoms with E-state index >= 15 is 0 Å². The molecule has 0 radical (unpaired) electrons. The molecule has 0 unspecified atom stereocenters. The summed E-state index contributed by atoms with van der Waals surface area (Å²) >= 11 is 0. The molecule has 202 valence electrons. The van der Waals surface area contributed by atoms with Crippen LogP contribution in [0.25, 0.3) is 11.0 Å². The van der Waals surface area contributed by atoms with E-state index in [1.807, 2.05) is 13.0 Å². The molecule has 1 amide bonds. The monoisotopic (exact) mass is 529 g/mol. The van der Waals surface area contributed by atoms with Gasteiger partial charge in [0.15, 0.2) is 0 Å². The summed E-state index contributed by atoms with van der Waals surface area (Å²) in [6.07, 6.45) is 0.940. The number of alkyl halides is 2. The number of carbonyl (C=O) groups is 1. The number of methoxy groups -OCH3 is 1. The average molecular weight is 530 g/mol. The molecule has 3 heterocycles. The Bertz CT molecular complexity index is 1470. The van der Waals surface area contributed by atoms with E-state index in [1.165, 1.54) is 37.1 Å². The van der Waals surface area contributed by atoms with Crippen molar-refractivity contribution in [1.82, 2.24) is 19.4 Å². The summed E-state index contributed by atoms with van der Waals surface area (Å²) in [5, 5.41) is 3.58. The van der Waals surface area contributed by atoms with E-state index in [0.29, 0.717) is 41.8 Å². The molecule has 2 aromatic heterocycles. The number of hydrogen-bond donors (Lipinski definition) is 1. The van der Waals surface area contributed by atoms with Crippen LogP contribution in [0.15, 0.2) is 47.2 Å². The van der Waals surface area contributed by atoms with Gasteiger partial charge in [0.05, 0.1) is 22.6 Å². The molecular formula is C27H30F3N5O3. The highest BCUT2D eigenvalue weighted by atomic mass is 19.3. The van der Waals surface area contributed by atoms with Crippen molar-refractivity contribution in [3.8, 4) is 0 Å². The van der Waals surface area contributed by atoms with Crippen molar-refractivity contribution >= 4 is 22.8 Å². The maximum absolute atomic E-state index is 14.8. The quantitative estimate of drug-likeness (QED) is 0.485. The van der Waals surface area contributed by atoms with Crippen LogP contribution in [0.3, 0.4) is 0 Å². The molecule has 0 bridgehead atoms. The highest BCUT2D eigenvalue weighted by molar-refractivity contribution is 5.87. The van der Waals surface area contributed by atoms with Gasteiger partial charge in [-0.2, -0.15) is 0 Å². The number of aryl methyl sites for hydroxylation is 1. The fourth-order valence-corrected chi connectivity index (χ4v) is 5.00. The largest absolute Gasteiger partial charge is 0.373 e. The van der Waals surface area contributed by atoms with Crippen LogP contribution in [0.1, 0.15) is 62.8 Å². The molecule has 0 aliphatic carbocycles. The lowest BCUT2D eigenvalue weighted by atomic mass is 9.87. The molecule has 0 fully saturated rings. The van der Waals surface area contributed by atoms with E-state index in [0.717, 1.165) is 11.8 Å². The number of aromatic nitrogens is 3. The fourth-order valence-electron chi connectivity index (χ4n) is 5.00. The second-order valence-electron chi connectivity index (χ2n) is 9.47. The van der Waals surface area contributed by atoms with Crippen LogP contribution in [0, 0.1) is 5.82 Å². The van der Waals surface area contributed by atoms with Crippen LogP contribution in [0.4, 0.5) is 19.0 Å². The Balaban J connectivity index is 1.81. The van der Waals surface area contributed by atoms with Crippen molar-refractivity contribution in [1.29, 1.82) is 0 Å². The molecule has 8 nitrogen and oxygen atoms in total. The van der Waals surface area contributed by atoms with E-state index < -0.39 is 29.4 Å². The zero-order valence-corrected chi connectivity index (χ0v) is 21.9. The number of pyridine rings is 1. The van der Waals surface area contributed by atoms with Crippen LogP contribution in [0.5, 0.6) is 0 Å². The first-order valence-corrected chi connectivity index (χ1v) is 12.2. The lowest BCUT2D eigenvalue weighted by Gasteiger charge is -2.32. The minimum absolute atomic E-state index is 0.0571. The lowest BCUT2D eigenvalue weighted by molar-refractivity contribution is -0.127. The van der Waals surface area contributed by atoms with E-state index in [-0.39, 0.29) is 17.0 Å². The standard InChI is InChI=1S/C27H30F3N5O3/c1-15-9-10-27(38-5,11-12-35(15)17(3)36)21-13-20-24(31-14-32-25(20)34(4)26(21)37)33-16(2)18-7-6-8-19(22(18)28)23(29)30/h6-9,13-14,16,23H,10-12H2,1-5H3,(H,31,32,33)/t16-,27+/m1/s1. The van der Waals surface area contributed by atoms with Gasteiger partial charge in [0.2, 0.25) is 5.91 Å². The first kappa shape index (κ1) is 27.3. The zero-order valence-electron chi connectivity index (χ0n) is 21.9. The summed E-state index contributed by atoms with van der Waals surface area (Å²) in [5.41, 5.74) is -0.474. The molecule has 0 spiro atoms. The second kappa shape index (κ2) is 10.6. The summed E-state index contributed by atoms with van der Waals surface area (Å²) in [6.45, 7) is 5.32. The highest BCUT2D eigenvalue weighted by Crippen LogP contribution is 2.37. The van der Waals surface area contributed by atoms with E-state index in [9.17, 15) is 22.8 Å². The van der Waals surface area contributed by atoms with Crippen molar-refractivity contribution in [2.24, 2.45) is 7.05 Å². The number of amides is 1. The maximum Gasteiger partial charge on any atom is 0.266 e. The van der Waals surface area contributed by atoms with Gasteiger partial charge in [0, 0.05) is 45.3 Å². The molecule has 1 N–H and O–H groups in total. The highest BCUT2D eigenvalue weighted by Gasteiger charge is 2.38. The number of benzene rings is 1. The third-order valence-electron chi connectivity index (χ3n) is 7.27. The molecule has 11 heteroatoms. The summed E-state index contributed by atoms with van der Waals surface area (Å²) in [4.78, 5) is 35.9. The smallest absolute Gasteiger partial charge is 0.266 e. The Hall–Kier alpha value is -3.73. The third-order valence-corrected chi connectivity index (χ3v) is 7.27. The maximum atomic E-state index is 14.8. The fraction of sp³-hybridized carbons (Fsp3) is 0.407. The number of nitrogens with one attached hydrogen (secondary N) is 1. The van der Waals surface area contributed by atoms with Gasteiger partial charge < -0.3 is 15.0 Å². The lowest BCUT2D eigenvalue weighted by Crippen LogP contribution is -2.39. The molecule has 0 saturated carbocycles. The Kier molecular flexibility index (Phi) is 7.59. The number of halogens is 3. The third kappa shape index (κ3) is 4.78. The number of carbonyl (C=O) groups excluding carboxylic acids is 1. The molecule has 3 aromatic rings. The molecular weight excluding hydrogens is 499 g/mol. The van der Waals surface area contributed by atoms with Crippen molar-refractivity contribution < 1.29 is 22.7 Å². The Morgan fingerprint density at radius 3 is 2.61 bits per heavy atom. The van der Waals surface area contributed by atoms with Gasteiger partial charge in [-0.05, 0) is 26.3 Å². The topological polar surface area (TPSA) is 89.3 Å². The molecule has 4 rings (SSSR count). The minimum atomic E-state index is -2.94. The van der Waals surface area contributed by atoms with Crippen molar-refractivity contribution in [3.63, 3.8) is 0 Å². The molecule has 0 saturated heterocycles. The predicted molar refractivity (Wildman–Crippen MR) is 137 cm³/mol. The molecule has 2 atom stereocenters. The summed E-state index contributed by atoms with van der Waals surface area (Å²) < 4.78 is 48.7. The zero-order chi connectivity index (χ0) is 27.8. The van der Waals surface area contributed by atoms with Gasteiger partial charge in [0.25, 0.3) is 12.0 Å². The van der Waals surface area contributed by atoms with E-state index in [2.05, 4.69) is 15.3 Å². The summed E-state index contributed by atoms with van der Waals surface area (Å²) in [5.74, 6) is -0.782. The number of fused-ring (bicyclic) bond motifs is 1. The summed E-state index contributed by atoms with van der Waals surface area (Å²) in [7, 11) is 3.11. The molecule has 1 aliphatic heterocycles. The first-order valence-electron chi connectivity index (χ1n) is 12.2. The van der Waals surface area contributed by atoms with Crippen LogP contribution < -0.4 is 10.9 Å². The SMILES string of the molecule is CO[C@@]1(c2cc3c(N[C@H](C)c4cccc(C(F)F)c4F)ncnc3n(C)c2=O)CC=C(C)N(C(C)=O)CC1.